The van der Waals surface area contributed by atoms with Gasteiger partial charge in [-0.15, -0.1) is 4.72 Å². The van der Waals surface area contributed by atoms with Gasteiger partial charge in [0.2, 0.25) is 6.43 Å². The quantitative estimate of drug-likeness (QED) is 0.147. The number of rotatable bonds is 12. The maximum absolute atomic E-state index is 14.9. The lowest BCUT2D eigenvalue weighted by Crippen LogP contribution is -2.46. The maximum atomic E-state index is 14.9. The van der Waals surface area contributed by atoms with Crippen LogP contribution in [0.25, 0.3) is 0 Å². The van der Waals surface area contributed by atoms with Gasteiger partial charge in [0.25, 0.3) is 5.91 Å². The molecule has 0 radical (unpaired) electrons. The Kier molecular flexibility index (Phi) is 11.2. The Morgan fingerprint density at radius 1 is 1.02 bits per heavy atom. The van der Waals surface area contributed by atoms with Crippen molar-refractivity contribution in [1.82, 2.24) is 4.72 Å². The first kappa shape index (κ1) is 36.5. The van der Waals surface area contributed by atoms with Crippen LogP contribution in [0.3, 0.4) is 0 Å². The fourth-order valence-corrected chi connectivity index (χ4v) is 5.74. The number of halogens is 8. The lowest BCUT2D eigenvalue weighted by Gasteiger charge is -2.28. The number of anilines is 1. The Hall–Kier alpha value is -3.36. The van der Waals surface area contributed by atoms with E-state index in [1.807, 2.05) is 0 Å². The topological polar surface area (TPSA) is 73.4 Å². The third-order valence-electron chi connectivity index (χ3n) is 7.59. The number of amides is 1. The smallest absolute Gasteiger partial charge is 0.416 e. The standard InChI is InChI=1S/C33H34F8N2O3S/c1-17-11-19(35)7-10-28(17)46-29-15-22(18-5-6-18)26(33(39,40)41)14-25(29)31(44)42-20-8-9-27(36)23(12-20)24(30(37)38)13-21(16-34)43-47(45)32(2,3)4/h7-12,14-15,18,21,24,30,43H,5-6,13,16H2,1-4H3,(H,42,44). The molecule has 0 aliphatic heterocycles. The van der Waals surface area contributed by atoms with Crippen LogP contribution in [0.1, 0.15) is 84.5 Å². The van der Waals surface area contributed by atoms with Crippen LogP contribution in [0, 0.1) is 18.6 Å². The van der Waals surface area contributed by atoms with Crippen LogP contribution in [0.2, 0.25) is 0 Å². The van der Waals surface area contributed by atoms with Crippen molar-refractivity contribution in [3.63, 3.8) is 0 Å². The Morgan fingerprint density at radius 2 is 1.70 bits per heavy atom. The van der Waals surface area contributed by atoms with Crippen molar-refractivity contribution >= 4 is 23.0 Å². The number of hydrogen-bond acceptors (Lipinski definition) is 4. The molecule has 5 nitrogen and oxygen atoms in total. The van der Waals surface area contributed by atoms with Crippen LogP contribution in [-0.4, -0.2) is 34.3 Å². The van der Waals surface area contributed by atoms with Gasteiger partial charge in [-0.1, -0.05) is 0 Å². The van der Waals surface area contributed by atoms with Crippen LogP contribution >= 0.6 is 0 Å². The van der Waals surface area contributed by atoms with Crippen molar-refractivity contribution < 1.29 is 49.2 Å². The summed E-state index contributed by atoms with van der Waals surface area (Å²) in [5.41, 5.74) is -2.20. The first-order chi connectivity index (χ1) is 21.9. The average molecular weight is 691 g/mol. The summed E-state index contributed by atoms with van der Waals surface area (Å²) in [6.45, 7) is 5.10. The highest BCUT2D eigenvalue weighted by molar-refractivity contribution is 7.90. The summed E-state index contributed by atoms with van der Waals surface area (Å²) in [7, 11) is 0. The molecule has 2 N–H and O–H groups in total. The highest BCUT2D eigenvalue weighted by Crippen LogP contribution is 2.48. The lowest BCUT2D eigenvalue weighted by molar-refractivity contribution is -0.138. The molecule has 0 spiro atoms. The van der Waals surface area contributed by atoms with Gasteiger partial charge in [0.05, 0.1) is 17.2 Å². The summed E-state index contributed by atoms with van der Waals surface area (Å²) >= 11 is -1.82. The molecule has 1 amide bonds. The first-order valence-electron chi connectivity index (χ1n) is 14.7. The van der Waals surface area contributed by atoms with Crippen molar-refractivity contribution in [2.75, 3.05) is 12.0 Å². The van der Waals surface area contributed by atoms with Crippen LogP contribution in [0.15, 0.2) is 48.5 Å². The molecule has 0 aromatic heterocycles. The number of nitrogens with one attached hydrogen (secondary N) is 2. The highest BCUT2D eigenvalue weighted by Gasteiger charge is 2.40. The number of hydrogen-bond donors (Lipinski definition) is 2. The maximum Gasteiger partial charge on any atom is 0.416 e. The van der Waals surface area contributed by atoms with Crippen LogP contribution in [-0.2, 0) is 17.5 Å². The average Bonchev–Trinajstić information content (AvgIpc) is 3.82. The van der Waals surface area contributed by atoms with Gasteiger partial charge < -0.3 is 14.6 Å². The summed E-state index contributed by atoms with van der Waals surface area (Å²) < 4.78 is 133. The van der Waals surface area contributed by atoms with E-state index in [0.29, 0.717) is 24.5 Å². The minimum Gasteiger partial charge on any atom is -0.598 e. The van der Waals surface area contributed by atoms with Crippen molar-refractivity contribution in [3.05, 3.63) is 88.0 Å². The molecule has 1 saturated carbocycles. The summed E-state index contributed by atoms with van der Waals surface area (Å²) in [5, 5.41) is 2.34. The highest BCUT2D eigenvalue weighted by atomic mass is 32.2. The van der Waals surface area contributed by atoms with Crippen molar-refractivity contribution in [2.24, 2.45) is 0 Å². The van der Waals surface area contributed by atoms with Crippen LogP contribution in [0.4, 0.5) is 40.8 Å². The van der Waals surface area contributed by atoms with Crippen LogP contribution < -0.4 is 14.8 Å². The third-order valence-corrected chi connectivity index (χ3v) is 9.25. The predicted molar refractivity (Wildman–Crippen MR) is 163 cm³/mol. The fourth-order valence-electron chi connectivity index (χ4n) is 4.93. The number of carbonyl (C=O) groups is 1. The van der Waals surface area contributed by atoms with E-state index in [9.17, 15) is 44.5 Å². The normalized spacial score (nSPS) is 15.8. The molecule has 3 aromatic rings. The lowest BCUT2D eigenvalue weighted by atomic mass is 9.92. The summed E-state index contributed by atoms with van der Waals surface area (Å²) in [5.74, 6) is -5.28. The fraction of sp³-hybridized carbons (Fsp3) is 0.424. The van der Waals surface area contributed by atoms with Gasteiger partial charge in [-0.05, 0) is 118 Å². The van der Waals surface area contributed by atoms with Gasteiger partial charge in [-0.25, -0.2) is 22.0 Å². The SMILES string of the molecule is Cc1cc(F)ccc1Oc1cc(C2CC2)c(C(F)(F)F)cc1C(=O)Nc1ccc(F)c(C(CC(CF)N[S+]([O-])C(C)(C)C)C(F)F)c1. The zero-order valence-electron chi connectivity index (χ0n) is 25.9. The van der Waals surface area contributed by atoms with E-state index in [-0.39, 0.29) is 22.7 Å². The van der Waals surface area contributed by atoms with E-state index >= 15 is 0 Å². The summed E-state index contributed by atoms with van der Waals surface area (Å²) in [6, 6.07) is 6.63. The first-order valence-corrected chi connectivity index (χ1v) is 15.9. The molecule has 3 atom stereocenters. The Bertz CT molecular complexity index is 1590. The number of benzene rings is 3. The number of alkyl halides is 6. The second-order valence-electron chi connectivity index (χ2n) is 12.4. The molecule has 1 aliphatic rings. The summed E-state index contributed by atoms with van der Waals surface area (Å²) in [6.07, 6.45) is -7.69. The van der Waals surface area contributed by atoms with Crippen molar-refractivity contribution in [1.29, 1.82) is 0 Å². The van der Waals surface area contributed by atoms with Gasteiger partial charge in [0, 0.05) is 23.0 Å². The molecular weight excluding hydrogens is 656 g/mol. The minimum absolute atomic E-state index is 0.0731. The molecule has 14 heteroatoms. The van der Waals surface area contributed by atoms with E-state index in [1.54, 1.807) is 20.8 Å². The van der Waals surface area contributed by atoms with Crippen molar-refractivity contribution in [3.8, 4) is 11.5 Å². The van der Waals surface area contributed by atoms with Gasteiger partial charge >= 0.3 is 6.18 Å². The second-order valence-corrected chi connectivity index (χ2v) is 14.4. The van der Waals surface area contributed by atoms with E-state index in [1.165, 1.54) is 13.0 Å². The third kappa shape index (κ3) is 9.17. The van der Waals surface area contributed by atoms with Gasteiger partial charge in [-0.2, -0.15) is 13.2 Å². The van der Waals surface area contributed by atoms with E-state index < -0.39 is 93.9 Å². The Balaban J connectivity index is 1.69. The number of ether oxygens (including phenoxy) is 1. The zero-order valence-corrected chi connectivity index (χ0v) is 26.7. The molecule has 47 heavy (non-hydrogen) atoms. The minimum atomic E-state index is -4.83. The number of aryl methyl sites for hydroxylation is 1. The molecule has 1 aliphatic carbocycles. The van der Waals surface area contributed by atoms with Gasteiger partial charge in [0.15, 0.2) is 0 Å². The van der Waals surface area contributed by atoms with E-state index in [2.05, 4.69) is 10.0 Å². The van der Waals surface area contributed by atoms with Crippen LogP contribution in [0.5, 0.6) is 11.5 Å². The molecule has 3 unspecified atom stereocenters. The molecule has 3 aromatic carbocycles. The number of carbonyl (C=O) groups excluding carboxylic acids is 1. The van der Waals surface area contributed by atoms with Crippen molar-refractivity contribution in [2.45, 2.75) is 82.2 Å². The molecule has 0 saturated heterocycles. The Labute approximate surface area is 270 Å². The largest absolute Gasteiger partial charge is 0.598 e. The molecule has 0 bridgehead atoms. The zero-order chi connectivity index (χ0) is 34.8. The Morgan fingerprint density at radius 3 is 2.26 bits per heavy atom. The monoisotopic (exact) mass is 690 g/mol. The van der Waals surface area contributed by atoms with E-state index in [0.717, 1.165) is 36.4 Å². The van der Waals surface area contributed by atoms with E-state index in [4.69, 9.17) is 4.74 Å². The van der Waals surface area contributed by atoms with Gasteiger partial charge in [-0.3, -0.25) is 4.79 Å². The second kappa shape index (κ2) is 14.4. The summed E-state index contributed by atoms with van der Waals surface area (Å²) in [4.78, 5) is 13.5. The predicted octanol–water partition coefficient (Wildman–Crippen LogP) is 9.34. The molecule has 1 fully saturated rings. The van der Waals surface area contributed by atoms with Gasteiger partial charge in [0.1, 0.15) is 34.6 Å². The molecule has 0 heterocycles. The molecule has 4 rings (SSSR count). The molecular formula is C33H34F8N2O3S. The molecule has 256 valence electrons.